The van der Waals surface area contributed by atoms with Gasteiger partial charge in [-0.05, 0) is 12.1 Å². The molecule has 12 heteroatoms. The quantitative estimate of drug-likeness (QED) is 0.408. The number of nitrogens with zero attached hydrogens (tertiary/aromatic N) is 3. The number of halogens is 2. The van der Waals surface area contributed by atoms with Crippen LogP contribution in [0, 0.1) is 11.3 Å². The lowest BCUT2D eigenvalue weighted by Crippen LogP contribution is -2.43. The Morgan fingerprint density at radius 1 is 1.36 bits per heavy atom. The van der Waals surface area contributed by atoms with Crippen LogP contribution in [0.3, 0.4) is 0 Å². The molecule has 2 heterocycles. The van der Waals surface area contributed by atoms with Crippen molar-refractivity contribution in [3.8, 4) is 6.07 Å². The highest BCUT2D eigenvalue weighted by molar-refractivity contribution is 7.92. The molecule has 0 amide bonds. The van der Waals surface area contributed by atoms with Crippen LogP contribution in [-0.2, 0) is 15.6 Å². The molecule has 1 aromatic carbocycles. The van der Waals surface area contributed by atoms with Gasteiger partial charge in [0.1, 0.15) is 16.5 Å². The minimum atomic E-state index is -4.06. The number of alkyl halides is 1. The predicted octanol–water partition coefficient (Wildman–Crippen LogP) is 1.61. The number of H-pyrrole nitrogens is 1. The third-order valence-corrected chi connectivity index (χ3v) is 6.47. The molecule has 2 aromatic heterocycles. The summed E-state index contributed by atoms with van der Waals surface area (Å²) in [4.78, 5) is 2.65. The Balaban J connectivity index is 2.01. The molecule has 0 radical (unpaired) electrons. The normalized spacial score (nSPS) is 12.2. The molecule has 4 N–H and O–H groups in total. The molecule has 0 saturated carbocycles. The number of sulfonamides is 1. The topological polar surface area (TPSA) is 144 Å². The van der Waals surface area contributed by atoms with Crippen molar-refractivity contribution in [2.24, 2.45) is 0 Å². The molecule has 0 fully saturated rings. The summed E-state index contributed by atoms with van der Waals surface area (Å²) in [6.07, 6.45) is 3.68. The number of hydrogen-bond donors (Lipinski definition) is 4. The average molecular weight is 444 g/mol. The number of aromatic nitrogens is 3. The molecule has 3 rings (SSSR count). The van der Waals surface area contributed by atoms with Crippen LogP contribution in [0.15, 0.2) is 35.6 Å². The average Bonchev–Trinajstić information content (AvgIpc) is 3.34. The SMILES string of the molecule is N#Cc1c[nH]c2c(NS(=O)(=O)c3cnn(C(CO)(CO)CCl)c3)ccc(Cl)c12. The number of fused-ring (bicyclic) bond motifs is 1. The maximum Gasteiger partial charge on any atom is 0.265 e. The second-order valence-corrected chi connectivity index (χ2v) is 8.42. The first-order valence-corrected chi connectivity index (χ1v) is 10.3. The standard InChI is InChI=1S/C16H15Cl2N5O4S/c17-7-16(8-24,9-25)23-6-11(5-21-23)28(26,27)22-13-2-1-12(18)14-10(3-19)4-20-15(13)14/h1-2,4-6,20,22,24-25H,7-9H2. The van der Waals surface area contributed by atoms with E-state index >= 15 is 0 Å². The first kappa shape index (κ1) is 20.4. The second kappa shape index (κ2) is 7.62. The molecule has 0 atom stereocenters. The molecule has 0 bridgehead atoms. The van der Waals surface area contributed by atoms with Crippen molar-refractivity contribution in [2.75, 3.05) is 23.8 Å². The Morgan fingerprint density at radius 2 is 2.07 bits per heavy atom. The Bertz CT molecular complexity index is 1150. The number of aromatic amines is 1. The number of nitriles is 1. The van der Waals surface area contributed by atoms with E-state index in [4.69, 9.17) is 28.5 Å². The van der Waals surface area contributed by atoms with Crippen molar-refractivity contribution >= 4 is 49.8 Å². The fraction of sp³-hybridized carbons (Fsp3) is 0.250. The van der Waals surface area contributed by atoms with E-state index in [9.17, 15) is 18.6 Å². The molecule has 0 aliphatic rings. The summed E-state index contributed by atoms with van der Waals surface area (Å²) in [5, 5.41) is 32.9. The van der Waals surface area contributed by atoms with Gasteiger partial charge in [0.2, 0.25) is 0 Å². The third kappa shape index (κ3) is 3.32. The fourth-order valence-electron chi connectivity index (χ4n) is 2.63. The maximum absolute atomic E-state index is 12.8. The molecule has 148 valence electrons. The molecule has 0 spiro atoms. The van der Waals surface area contributed by atoms with Gasteiger partial charge in [-0.2, -0.15) is 10.4 Å². The Morgan fingerprint density at radius 3 is 2.68 bits per heavy atom. The maximum atomic E-state index is 12.8. The van der Waals surface area contributed by atoms with Gasteiger partial charge in [-0.25, -0.2) is 8.42 Å². The Labute approximate surface area is 170 Å². The molecule has 28 heavy (non-hydrogen) atoms. The molecule has 0 aliphatic carbocycles. The van der Waals surface area contributed by atoms with Crippen LogP contribution in [0.2, 0.25) is 5.02 Å². The van der Waals surface area contributed by atoms with Crippen molar-refractivity contribution in [2.45, 2.75) is 10.4 Å². The smallest absolute Gasteiger partial charge is 0.265 e. The van der Waals surface area contributed by atoms with Gasteiger partial charge in [0, 0.05) is 17.8 Å². The fourth-order valence-corrected chi connectivity index (χ4v) is 4.18. The van der Waals surface area contributed by atoms with E-state index in [1.54, 1.807) is 0 Å². The number of aliphatic hydroxyl groups excluding tert-OH is 2. The summed E-state index contributed by atoms with van der Waals surface area (Å²) in [5.74, 6) is -0.175. The van der Waals surface area contributed by atoms with Crippen LogP contribution < -0.4 is 4.72 Å². The predicted molar refractivity (Wildman–Crippen MR) is 104 cm³/mol. The van der Waals surface area contributed by atoms with Gasteiger partial charge in [-0.15, -0.1) is 11.6 Å². The van der Waals surface area contributed by atoms with Crippen molar-refractivity contribution < 1.29 is 18.6 Å². The van der Waals surface area contributed by atoms with Crippen molar-refractivity contribution in [1.82, 2.24) is 14.8 Å². The molecule has 3 aromatic rings. The van der Waals surface area contributed by atoms with Gasteiger partial charge in [-0.1, -0.05) is 11.6 Å². The highest BCUT2D eigenvalue weighted by atomic mass is 35.5. The van der Waals surface area contributed by atoms with Crippen LogP contribution in [0.25, 0.3) is 10.9 Å². The van der Waals surface area contributed by atoms with Crippen LogP contribution in [-0.4, -0.2) is 52.5 Å². The van der Waals surface area contributed by atoms with E-state index < -0.39 is 28.8 Å². The largest absolute Gasteiger partial charge is 0.394 e. The van der Waals surface area contributed by atoms with Crippen LogP contribution >= 0.6 is 23.2 Å². The van der Waals surface area contributed by atoms with E-state index in [-0.39, 0.29) is 22.0 Å². The summed E-state index contributed by atoms with van der Waals surface area (Å²) in [5.41, 5.74) is -0.488. The van der Waals surface area contributed by atoms with Crippen LogP contribution in [0.5, 0.6) is 0 Å². The van der Waals surface area contributed by atoms with E-state index in [1.165, 1.54) is 24.5 Å². The monoisotopic (exact) mass is 443 g/mol. The lowest BCUT2D eigenvalue weighted by atomic mass is 10.1. The second-order valence-electron chi connectivity index (χ2n) is 6.06. The zero-order valence-corrected chi connectivity index (χ0v) is 16.6. The van der Waals surface area contributed by atoms with Crippen LogP contribution in [0.1, 0.15) is 5.56 Å². The summed E-state index contributed by atoms with van der Waals surface area (Å²) in [6.45, 7) is -1.06. The van der Waals surface area contributed by atoms with Crippen molar-refractivity contribution in [1.29, 1.82) is 5.26 Å². The molecule has 0 aliphatic heterocycles. The molecule has 0 unspecified atom stereocenters. The summed E-state index contributed by atoms with van der Waals surface area (Å²) in [7, 11) is -4.06. The van der Waals surface area contributed by atoms with E-state index in [1.807, 2.05) is 6.07 Å². The van der Waals surface area contributed by atoms with E-state index in [0.29, 0.717) is 15.9 Å². The number of anilines is 1. The van der Waals surface area contributed by atoms with Crippen molar-refractivity contribution in [3.05, 3.63) is 41.3 Å². The number of aliphatic hydroxyl groups is 2. The van der Waals surface area contributed by atoms with Crippen LogP contribution in [0.4, 0.5) is 5.69 Å². The van der Waals surface area contributed by atoms with Crippen molar-refractivity contribution in [3.63, 3.8) is 0 Å². The van der Waals surface area contributed by atoms with E-state index in [2.05, 4.69) is 14.8 Å². The number of benzene rings is 1. The Kier molecular flexibility index (Phi) is 5.56. The van der Waals surface area contributed by atoms with Gasteiger partial charge in [0.25, 0.3) is 10.0 Å². The summed E-state index contributed by atoms with van der Waals surface area (Å²) in [6, 6.07) is 4.93. The molecular formula is C16H15Cl2N5O4S. The molecular weight excluding hydrogens is 429 g/mol. The summed E-state index contributed by atoms with van der Waals surface area (Å²) >= 11 is 11.9. The minimum absolute atomic E-state index is 0.175. The first-order valence-electron chi connectivity index (χ1n) is 7.87. The lowest BCUT2D eigenvalue weighted by molar-refractivity contribution is 0.0707. The summed E-state index contributed by atoms with van der Waals surface area (Å²) < 4.78 is 29.1. The first-order chi connectivity index (χ1) is 13.3. The van der Waals surface area contributed by atoms with Gasteiger partial charge >= 0.3 is 0 Å². The molecule has 0 saturated heterocycles. The minimum Gasteiger partial charge on any atom is -0.394 e. The number of hydrogen-bond acceptors (Lipinski definition) is 6. The van der Waals surface area contributed by atoms with Gasteiger partial charge < -0.3 is 15.2 Å². The zero-order chi connectivity index (χ0) is 20.5. The molecule has 9 nitrogen and oxygen atoms in total. The Hall–Kier alpha value is -2.29. The lowest BCUT2D eigenvalue weighted by Gasteiger charge is -2.27. The highest BCUT2D eigenvalue weighted by Crippen LogP contribution is 2.33. The van der Waals surface area contributed by atoms with Gasteiger partial charge in [0.15, 0.2) is 0 Å². The van der Waals surface area contributed by atoms with Gasteiger partial charge in [-0.3, -0.25) is 9.40 Å². The number of nitrogens with one attached hydrogen (secondary N) is 2. The highest BCUT2D eigenvalue weighted by Gasteiger charge is 2.32. The van der Waals surface area contributed by atoms with Gasteiger partial charge in [0.05, 0.1) is 47.1 Å². The zero-order valence-electron chi connectivity index (χ0n) is 14.2. The third-order valence-electron chi connectivity index (χ3n) is 4.34. The number of rotatable bonds is 7. The van der Waals surface area contributed by atoms with E-state index in [0.717, 1.165) is 10.9 Å².